The third-order valence-corrected chi connectivity index (χ3v) is 7.13. The zero-order chi connectivity index (χ0) is 27.1. The molecule has 0 saturated carbocycles. The lowest BCUT2D eigenvalue weighted by Gasteiger charge is -2.40. The fourth-order valence-electron chi connectivity index (χ4n) is 5.11. The molecule has 2 amide bonds. The molecule has 1 N–H and O–H groups in total. The van der Waals surface area contributed by atoms with E-state index in [1.807, 2.05) is 18.2 Å². The predicted molar refractivity (Wildman–Crippen MR) is 146 cm³/mol. The quantitative estimate of drug-likeness (QED) is 0.388. The standard InChI is InChI=1S/C30H36N4O4/c1-5-34(20-21-11-7-6-8-12-21)16-10-15-32-29(35)27-23-17-25(37-3)26(38-4)18-24(23)30(36)33(2)28(27)22-13-9-14-31-19-22/h6-9,11-14,17-19,27-28H,5,10,15-16,20H2,1-4H3,(H,32,35)/t27-,28+/m0/s1. The molecule has 0 unspecified atom stereocenters. The highest BCUT2D eigenvalue weighted by atomic mass is 16.5. The maximum absolute atomic E-state index is 13.8. The summed E-state index contributed by atoms with van der Waals surface area (Å²) in [5.74, 6) is -0.0321. The van der Waals surface area contributed by atoms with E-state index in [4.69, 9.17) is 9.47 Å². The SMILES string of the molecule is CCN(CCCNC(=O)[C@H]1c2cc(OC)c(OC)cc2C(=O)N(C)[C@@H]1c1cccnc1)Cc1ccccc1. The molecule has 38 heavy (non-hydrogen) atoms. The monoisotopic (exact) mass is 516 g/mol. The molecular formula is C30H36N4O4. The van der Waals surface area contributed by atoms with E-state index < -0.39 is 12.0 Å². The van der Waals surface area contributed by atoms with E-state index in [2.05, 4.69) is 46.4 Å². The molecule has 3 aromatic rings. The molecule has 0 bridgehead atoms. The van der Waals surface area contributed by atoms with Crippen LogP contribution in [0, 0.1) is 0 Å². The van der Waals surface area contributed by atoms with Crippen molar-refractivity contribution in [1.29, 1.82) is 0 Å². The first-order valence-corrected chi connectivity index (χ1v) is 13.0. The molecule has 0 spiro atoms. The third kappa shape index (κ3) is 5.81. The summed E-state index contributed by atoms with van der Waals surface area (Å²) in [6.45, 7) is 5.34. The molecule has 4 rings (SSSR count). The molecule has 0 radical (unpaired) electrons. The molecule has 200 valence electrons. The molecule has 0 aliphatic carbocycles. The van der Waals surface area contributed by atoms with E-state index in [-0.39, 0.29) is 11.8 Å². The number of carbonyl (C=O) groups excluding carboxylic acids is 2. The number of hydrogen-bond acceptors (Lipinski definition) is 6. The fourth-order valence-corrected chi connectivity index (χ4v) is 5.11. The van der Waals surface area contributed by atoms with Crippen LogP contribution in [0.1, 0.15) is 52.4 Å². The average molecular weight is 517 g/mol. The first kappa shape index (κ1) is 27.1. The molecule has 2 heterocycles. The topological polar surface area (TPSA) is 84.0 Å². The summed E-state index contributed by atoms with van der Waals surface area (Å²) >= 11 is 0. The van der Waals surface area contributed by atoms with Gasteiger partial charge in [0.15, 0.2) is 11.5 Å². The molecule has 2 aromatic carbocycles. The van der Waals surface area contributed by atoms with Gasteiger partial charge in [-0.15, -0.1) is 0 Å². The Hall–Kier alpha value is -3.91. The van der Waals surface area contributed by atoms with Gasteiger partial charge in [0.05, 0.1) is 26.2 Å². The van der Waals surface area contributed by atoms with E-state index in [9.17, 15) is 9.59 Å². The Morgan fingerprint density at radius 3 is 2.47 bits per heavy atom. The highest BCUT2D eigenvalue weighted by Crippen LogP contribution is 2.45. The number of pyridine rings is 1. The molecule has 8 heteroatoms. The van der Waals surface area contributed by atoms with Crippen molar-refractivity contribution in [3.63, 3.8) is 0 Å². The molecule has 1 aliphatic heterocycles. The minimum Gasteiger partial charge on any atom is -0.493 e. The molecule has 0 fully saturated rings. The molecular weight excluding hydrogens is 480 g/mol. The van der Waals surface area contributed by atoms with Crippen molar-refractivity contribution in [1.82, 2.24) is 20.1 Å². The van der Waals surface area contributed by atoms with Crippen LogP contribution in [-0.4, -0.2) is 67.5 Å². The van der Waals surface area contributed by atoms with Gasteiger partial charge < -0.3 is 19.7 Å². The van der Waals surface area contributed by atoms with Gasteiger partial charge in [0, 0.05) is 44.6 Å². The number of nitrogens with one attached hydrogen (secondary N) is 1. The summed E-state index contributed by atoms with van der Waals surface area (Å²) < 4.78 is 11.0. The van der Waals surface area contributed by atoms with Gasteiger partial charge in [-0.1, -0.05) is 43.3 Å². The number of benzene rings is 2. The van der Waals surface area contributed by atoms with Crippen molar-refractivity contribution in [2.75, 3.05) is 40.9 Å². The van der Waals surface area contributed by atoms with Gasteiger partial charge in [-0.3, -0.25) is 19.5 Å². The Balaban J connectivity index is 1.55. The first-order chi connectivity index (χ1) is 18.5. The zero-order valence-electron chi connectivity index (χ0n) is 22.5. The summed E-state index contributed by atoms with van der Waals surface area (Å²) in [5, 5.41) is 3.14. The number of fused-ring (bicyclic) bond motifs is 1. The normalized spacial score (nSPS) is 16.8. The van der Waals surface area contributed by atoms with Crippen LogP contribution < -0.4 is 14.8 Å². The Morgan fingerprint density at radius 1 is 1.08 bits per heavy atom. The minimum absolute atomic E-state index is 0.141. The summed E-state index contributed by atoms with van der Waals surface area (Å²) in [6, 6.07) is 17.0. The van der Waals surface area contributed by atoms with Crippen LogP contribution in [-0.2, 0) is 11.3 Å². The van der Waals surface area contributed by atoms with E-state index >= 15 is 0 Å². The van der Waals surface area contributed by atoms with E-state index in [1.54, 1.807) is 43.6 Å². The summed E-state index contributed by atoms with van der Waals surface area (Å²) in [6.07, 6.45) is 4.20. The van der Waals surface area contributed by atoms with Crippen LogP contribution in [0.4, 0.5) is 0 Å². The van der Waals surface area contributed by atoms with Crippen LogP contribution in [0.2, 0.25) is 0 Å². The smallest absolute Gasteiger partial charge is 0.254 e. The van der Waals surface area contributed by atoms with Crippen molar-refractivity contribution >= 4 is 11.8 Å². The second kappa shape index (κ2) is 12.6. The summed E-state index contributed by atoms with van der Waals surface area (Å²) in [7, 11) is 4.80. The molecule has 1 aromatic heterocycles. The number of nitrogens with zero attached hydrogens (tertiary/aromatic N) is 3. The minimum atomic E-state index is -0.636. The molecule has 8 nitrogen and oxygen atoms in total. The number of likely N-dealkylation sites (N-methyl/N-ethyl adjacent to an activating group) is 1. The maximum atomic E-state index is 13.8. The number of carbonyl (C=O) groups is 2. The Morgan fingerprint density at radius 2 is 1.82 bits per heavy atom. The van der Waals surface area contributed by atoms with Gasteiger partial charge in [0.25, 0.3) is 5.91 Å². The fraction of sp³-hybridized carbons (Fsp3) is 0.367. The van der Waals surface area contributed by atoms with Crippen LogP contribution in [0.5, 0.6) is 11.5 Å². The Labute approximate surface area is 224 Å². The van der Waals surface area contributed by atoms with Crippen LogP contribution in [0.25, 0.3) is 0 Å². The van der Waals surface area contributed by atoms with Gasteiger partial charge in [-0.25, -0.2) is 0 Å². The highest BCUT2D eigenvalue weighted by molar-refractivity contribution is 6.02. The second-order valence-corrected chi connectivity index (χ2v) is 9.42. The molecule has 1 aliphatic rings. The lowest BCUT2D eigenvalue weighted by atomic mass is 9.79. The van der Waals surface area contributed by atoms with Crippen LogP contribution in [0.3, 0.4) is 0 Å². The number of amides is 2. The third-order valence-electron chi connectivity index (χ3n) is 7.13. The molecule has 2 atom stereocenters. The van der Waals surface area contributed by atoms with Crippen molar-refractivity contribution in [3.8, 4) is 11.5 Å². The lowest BCUT2D eigenvalue weighted by molar-refractivity contribution is -0.124. The maximum Gasteiger partial charge on any atom is 0.254 e. The van der Waals surface area contributed by atoms with Gasteiger partial charge in [-0.05, 0) is 47.9 Å². The highest BCUT2D eigenvalue weighted by Gasteiger charge is 2.43. The summed E-state index contributed by atoms with van der Waals surface area (Å²) in [4.78, 5) is 35.5. The Kier molecular flexibility index (Phi) is 8.97. The van der Waals surface area contributed by atoms with E-state index in [0.29, 0.717) is 29.2 Å². The van der Waals surface area contributed by atoms with Gasteiger partial charge in [0.1, 0.15) is 0 Å². The van der Waals surface area contributed by atoms with Crippen molar-refractivity contribution < 1.29 is 19.1 Å². The average Bonchev–Trinajstić information content (AvgIpc) is 2.96. The number of methoxy groups -OCH3 is 2. The van der Waals surface area contributed by atoms with Crippen molar-refractivity contribution in [3.05, 3.63) is 89.2 Å². The van der Waals surface area contributed by atoms with Crippen LogP contribution >= 0.6 is 0 Å². The van der Waals surface area contributed by atoms with Crippen molar-refractivity contribution in [2.45, 2.75) is 31.8 Å². The first-order valence-electron chi connectivity index (χ1n) is 13.0. The molecule has 0 saturated heterocycles. The number of hydrogen-bond donors (Lipinski definition) is 1. The van der Waals surface area contributed by atoms with Gasteiger partial charge >= 0.3 is 0 Å². The second-order valence-electron chi connectivity index (χ2n) is 9.42. The predicted octanol–water partition coefficient (Wildman–Crippen LogP) is 4.04. The lowest BCUT2D eigenvalue weighted by Crippen LogP contribution is -2.46. The largest absolute Gasteiger partial charge is 0.493 e. The number of ether oxygens (including phenoxy) is 2. The van der Waals surface area contributed by atoms with Crippen LogP contribution in [0.15, 0.2) is 67.0 Å². The summed E-state index contributed by atoms with van der Waals surface area (Å²) in [5.41, 5.74) is 3.12. The number of rotatable bonds is 11. The Bertz CT molecular complexity index is 1240. The van der Waals surface area contributed by atoms with Gasteiger partial charge in [0.2, 0.25) is 5.91 Å². The van der Waals surface area contributed by atoms with E-state index in [0.717, 1.165) is 31.6 Å². The zero-order valence-corrected chi connectivity index (χ0v) is 22.5. The van der Waals surface area contributed by atoms with Crippen molar-refractivity contribution in [2.24, 2.45) is 0 Å². The number of aromatic nitrogens is 1. The van der Waals surface area contributed by atoms with E-state index in [1.165, 1.54) is 12.7 Å². The van der Waals surface area contributed by atoms with Gasteiger partial charge in [-0.2, -0.15) is 0 Å².